The van der Waals surface area contributed by atoms with Crippen molar-refractivity contribution >= 4 is 21.7 Å². The molecule has 2 fully saturated rings. The predicted molar refractivity (Wildman–Crippen MR) is 131 cm³/mol. The number of carbonyl (C=O) groups is 1. The van der Waals surface area contributed by atoms with Gasteiger partial charge in [0, 0.05) is 24.3 Å². The van der Waals surface area contributed by atoms with Crippen LogP contribution in [0, 0.1) is 11.3 Å². The zero-order valence-corrected chi connectivity index (χ0v) is 21.6. The molecule has 0 aromatic carbocycles. The lowest BCUT2D eigenvalue weighted by atomic mass is 9.97. The summed E-state index contributed by atoms with van der Waals surface area (Å²) in [6, 6.07) is 5.08. The number of pyridine rings is 1. The Labute approximate surface area is 201 Å². The maximum Gasteiger partial charge on any atom is 0.268 e. The SMILES string of the molecule is C[C@@H]1CN(c2nc(-n3ccc(OCC(C)(C)C)n3)ccc2C(=O)NS(=O)(=O)C2CC2)C(C)(C)C1. The summed E-state index contributed by atoms with van der Waals surface area (Å²) in [7, 11) is -3.67. The van der Waals surface area contributed by atoms with Crippen LogP contribution in [0.4, 0.5) is 5.82 Å². The molecule has 0 unspecified atom stereocenters. The number of aromatic nitrogens is 3. The molecule has 1 saturated carbocycles. The Balaban J connectivity index is 1.68. The van der Waals surface area contributed by atoms with E-state index in [0.717, 1.165) is 13.0 Å². The Morgan fingerprint density at radius 1 is 1.24 bits per heavy atom. The van der Waals surface area contributed by atoms with Crippen LogP contribution in [-0.2, 0) is 10.0 Å². The van der Waals surface area contributed by atoms with Gasteiger partial charge in [0.15, 0.2) is 5.82 Å². The molecule has 10 heteroatoms. The minimum atomic E-state index is -3.67. The van der Waals surface area contributed by atoms with Gasteiger partial charge in [-0.25, -0.2) is 22.8 Å². The average Bonchev–Trinajstić information content (AvgIpc) is 3.41. The van der Waals surface area contributed by atoms with Crippen LogP contribution in [0.1, 0.15) is 71.2 Å². The normalized spacial score (nSPS) is 20.4. The van der Waals surface area contributed by atoms with Gasteiger partial charge in [-0.3, -0.25) is 4.79 Å². The molecule has 1 aliphatic carbocycles. The fraction of sp³-hybridized carbons (Fsp3) is 0.625. The summed E-state index contributed by atoms with van der Waals surface area (Å²) >= 11 is 0. The molecule has 0 radical (unpaired) electrons. The van der Waals surface area contributed by atoms with Crippen LogP contribution in [0.15, 0.2) is 24.4 Å². The van der Waals surface area contributed by atoms with Crippen LogP contribution in [0.5, 0.6) is 5.88 Å². The number of anilines is 1. The van der Waals surface area contributed by atoms with E-state index in [1.54, 1.807) is 29.1 Å². The summed E-state index contributed by atoms with van der Waals surface area (Å²) in [6.07, 6.45) is 3.87. The van der Waals surface area contributed by atoms with E-state index in [9.17, 15) is 13.2 Å². The van der Waals surface area contributed by atoms with Crippen LogP contribution in [-0.4, -0.2) is 53.0 Å². The van der Waals surface area contributed by atoms with E-state index in [2.05, 4.69) is 56.3 Å². The molecule has 1 amide bonds. The van der Waals surface area contributed by atoms with Gasteiger partial charge in [-0.05, 0) is 56.6 Å². The minimum Gasteiger partial charge on any atom is -0.476 e. The van der Waals surface area contributed by atoms with Crippen molar-refractivity contribution in [2.75, 3.05) is 18.1 Å². The molecule has 34 heavy (non-hydrogen) atoms. The summed E-state index contributed by atoms with van der Waals surface area (Å²) in [6.45, 7) is 13.9. The van der Waals surface area contributed by atoms with Crippen molar-refractivity contribution in [3.63, 3.8) is 0 Å². The van der Waals surface area contributed by atoms with Crippen molar-refractivity contribution in [3.8, 4) is 11.7 Å². The number of nitrogens with zero attached hydrogens (tertiary/aromatic N) is 4. The topological polar surface area (TPSA) is 106 Å². The molecule has 2 aromatic heterocycles. The van der Waals surface area contributed by atoms with Crippen molar-refractivity contribution < 1.29 is 17.9 Å². The Bertz CT molecular complexity index is 1180. The van der Waals surface area contributed by atoms with Gasteiger partial charge in [-0.1, -0.05) is 27.7 Å². The number of carbonyl (C=O) groups excluding carboxylic acids is 1. The van der Waals surface area contributed by atoms with Gasteiger partial charge in [0.1, 0.15) is 5.82 Å². The van der Waals surface area contributed by atoms with Gasteiger partial charge < -0.3 is 9.64 Å². The predicted octanol–water partition coefficient (Wildman–Crippen LogP) is 3.54. The lowest BCUT2D eigenvalue weighted by Crippen LogP contribution is -2.41. The summed E-state index contributed by atoms with van der Waals surface area (Å²) in [4.78, 5) is 20.0. The van der Waals surface area contributed by atoms with Crippen LogP contribution in [0.3, 0.4) is 0 Å². The first kappa shape index (κ1) is 24.5. The van der Waals surface area contributed by atoms with Crippen molar-refractivity contribution in [2.24, 2.45) is 11.3 Å². The molecule has 0 bridgehead atoms. The molecule has 186 valence electrons. The quantitative estimate of drug-likeness (QED) is 0.634. The summed E-state index contributed by atoms with van der Waals surface area (Å²) in [5, 5.41) is 4.00. The minimum absolute atomic E-state index is 0.00302. The first-order valence-electron chi connectivity index (χ1n) is 11.8. The number of sulfonamides is 1. The molecular formula is C24H35N5O4S. The highest BCUT2D eigenvalue weighted by molar-refractivity contribution is 7.91. The van der Waals surface area contributed by atoms with Gasteiger partial charge >= 0.3 is 0 Å². The fourth-order valence-electron chi connectivity index (χ4n) is 4.36. The summed E-state index contributed by atoms with van der Waals surface area (Å²) in [5.74, 6) is 1.24. The number of amides is 1. The van der Waals surface area contributed by atoms with Gasteiger partial charge in [-0.15, -0.1) is 5.10 Å². The Morgan fingerprint density at radius 2 is 1.94 bits per heavy atom. The van der Waals surface area contributed by atoms with Crippen LogP contribution in [0.2, 0.25) is 0 Å². The fourth-order valence-corrected chi connectivity index (χ4v) is 5.65. The zero-order chi connectivity index (χ0) is 24.9. The Morgan fingerprint density at radius 3 is 2.53 bits per heavy atom. The standard InChI is InChI=1S/C24H35N5O4S/c1-16-13-24(5,6)28(14-16)21-18(22(30)27-34(31,32)17-7-8-17)9-10-19(25-21)29-12-11-20(26-29)33-15-23(2,3)4/h9-12,16-17H,7-8,13-15H2,1-6H3,(H,27,30)/t16-/m0/s1. The van der Waals surface area contributed by atoms with Gasteiger partial charge in [0.05, 0.1) is 17.4 Å². The molecule has 1 atom stereocenters. The highest BCUT2D eigenvalue weighted by Crippen LogP contribution is 2.38. The van der Waals surface area contributed by atoms with E-state index in [1.165, 1.54) is 0 Å². The lowest BCUT2D eigenvalue weighted by molar-refractivity contribution is 0.0981. The number of hydrogen-bond donors (Lipinski definition) is 1. The van der Waals surface area contributed by atoms with Crippen LogP contribution in [0.25, 0.3) is 5.82 Å². The number of rotatable bonds is 7. The van der Waals surface area contributed by atoms with Crippen molar-refractivity contribution in [3.05, 3.63) is 30.0 Å². The van der Waals surface area contributed by atoms with E-state index in [-0.39, 0.29) is 16.5 Å². The molecule has 1 saturated heterocycles. The van der Waals surface area contributed by atoms with E-state index >= 15 is 0 Å². The first-order valence-corrected chi connectivity index (χ1v) is 13.3. The maximum atomic E-state index is 13.1. The highest BCUT2D eigenvalue weighted by Gasteiger charge is 2.41. The third kappa shape index (κ3) is 5.37. The molecule has 1 aliphatic heterocycles. The maximum absolute atomic E-state index is 13.1. The summed E-state index contributed by atoms with van der Waals surface area (Å²) < 4.78 is 34.5. The van der Waals surface area contributed by atoms with E-state index in [1.807, 2.05) is 0 Å². The molecule has 2 aliphatic rings. The molecule has 4 rings (SSSR count). The van der Waals surface area contributed by atoms with Gasteiger partial charge in [-0.2, -0.15) is 0 Å². The van der Waals surface area contributed by atoms with E-state index < -0.39 is 21.2 Å². The van der Waals surface area contributed by atoms with Crippen molar-refractivity contribution in [2.45, 2.75) is 71.6 Å². The van der Waals surface area contributed by atoms with Crippen LogP contribution < -0.4 is 14.4 Å². The highest BCUT2D eigenvalue weighted by atomic mass is 32.2. The molecule has 9 nitrogen and oxygen atoms in total. The second-order valence-corrected chi connectivity index (χ2v) is 13.4. The number of hydrogen-bond acceptors (Lipinski definition) is 7. The van der Waals surface area contributed by atoms with E-state index in [0.29, 0.717) is 42.9 Å². The summed E-state index contributed by atoms with van der Waals surface area (Å²) in [5.41, 5.74) is 0.00958. The van der Waals surface area contributed by atoms with Gasteiger partial charge in [0.25, 0.3) is 5.91 Å². The second-order valence-electron chi connectivity index (χ2n) is 11.4. The van der Waals surface area contributed by atoms with Gasteiger partial charge in [0.2, 0.25) is 15.9 Å². The number of ether oxygens (including phenoxy) is 1. The monoisotopic (exact) mass is 489 g/mol. The second kappa shape index (κ2) is 8.55. The first-order chi connectivity index (χ1) is 15.7. The Kier molecular flexibility index (Phi) is 6.16. The lowest BCUT2D eigenvalue weighted by Gasteiger charge is -2.34. The molecule has 0 spiro atoms. The van der Waals surface area contributed by atoms with Crippen molar-refractivity contribution in [1.29, 1.82) is 0 Å². The molecular weight excluding hydrogens is 454 g/mol. The zero-order valence-electron chi connectivity index (χ0n) is 20.8. The Hall–Kier alpha value is -2.62. The smallest absolute Gasteiger partial charge is 0.268 e. The van der Waals surface area contributed by atoms with Crippen molar-refractivity contribution in [1.82, 2.24) is 19.5 Å². The van der Waals surface area contributed by atoms with Crippen LogP contribution >= 0.6 is 0 Å². The molecule has 3 heterocycles. The third-order valence-corrected chi connectivity index (χ3v) is 7.90. The third-order valence-electron chi connectivity index (χ3n) is 6.08. The largest absolute Gasteiger partial charge is 0.476 e. The molecule has 2 aromatic rings. The average molecular weight is 490 g/mol. The number of nitrogens with one attached hydrogen (secondary N) is 1. The molecule has 1 N–H and O–H groups in total. The van der Waals surface area contributed by atoms with E-state index in [4.69, 9.17) is 9.72 Å².